The molecule has 17 heavy (non-hydrogen) atoms. The van der Waals surface area contributed by atoms with E-state index < -0.39 is 11.7 Å². The molecule has 2 aromatic rings. The molecule has 0 spiro atoms. The number of hydrogen-bond acceptors (Lipinski definition) is 0. The third-order valence-corrected chi connectivity index (χ3v) is 3.32. The second-order valence-corrected chi connectivity index (χ2v) is 4.75. The first-order valence-electron chi connectivity index (χ1n) is 5.00. The fourth-order valence-corrected chi connectivity index (χ4v) is 2.29. The van der Waals surface area contributed by atoms with Crippen LogP contribution in [0.25, 0.3) is 0 Å². The van der Waals surface area contributed by atoms with Crippen LogP contribution in [0.4, 0.5) is 13.2 Å². The number of benzene rings is 2. The Morgan fingerprint density at radius 1 is 0.706 bits per heavy atom. The van der Waals surface area contributed by atoms with E-state index in [2.05, 4.69) is 0 Å². The zero-order chi connectivity index (χ0) is 12.3. The van der Waals surface area contributed by atoms with Crippen LogP contribution in [-0.2, 0) is 17.9 Å². The quantitative estimate of drug-likeness (QED) is 0.563. The highest BCUT2D eigenvalue weighted by Gasteiger charge is 2.30. The van der Waals surface area contributed by atoms with Gasteiger partial charge in [0.15, 0.2) is 9.79 Å². The number of hydrogen-bond donors (Lipinski definition) is 0. The lowest BCUT2D eigenvalue weighted by atomic mass is 10.2. The molecule has 0 radical (unpaired) electrons. The van der Waals surface area contributed by atoms with Gasteiger partial charge in [-0.2, -0.15) is 13.2 Å². The van der Waals surface area contributed by atoms with Crippen molar-refractivity contribution in [3.63, 3.8) is 0 Å². The van der Waals surface area contributed by atoms with Gasteiger partial charge in [0.2, 0.25) is 0 Å². The molecule has 0 aromatic heterocycles. The summed E-state index contributed by atoms with van der Waals surface area (Å²) < 4.78 is 37.0. The summed E-state index contributed by atoms with van der Waals surface area (Å²) in [6.07, 6.45) is -4.26. The van der Waals surface area contributed by atoms with E-state index in [0.717, 1.165) is 33.7 Å². The first-order valence-corrected chi connectivity index (χ1v) is 5.89. The van der Waals surface area contributed by atoms with E-state index >= 15 is 0 Å². The molecule has 0 heterocycles. The maximum Gasteiger partial charge on any atom is 0.416 e. The molecule has 0 amide bonds. The van der Waals surface area contributed by atoms with Crippen LogP contribution >= 0.6 is 0 Å². The lowest BCUT2D eigenvalue weighted by molar-refractivity contribution is -0.137. The van der Waals surface area contributed by atoms with Crippen LogP contribution in [0.1, 0.15) is 5.56 Å². The van der Waals surface area contributed by atoms with Crippen molar-refractivity contribution in [2.24, 2.45) is 0 Å². The van der Waals surface area contributed by atoms with E-state index in [-0.39, 0.29) is 0 Å². The first kappa shape index (κ1) is 12.0. The van der Waals surface area contributed by atoms with E-state index in [1.54, 1.807) is 0 Å². The van der Waals surface area contributed by atoms with Crippen LogP contribution in [0.2, 0.25) is 0 Å². The summed E-state index contributed by atoms with van der Waals surface area (Å²) in [5, 5.41) is 0. The maximum atomic E-state index is 12.3. The Balaban J connectivity index is 2.14. The predicted octanol–water partition coefficient (Wildman–Crippen LogP) is 3.94. The Labute approximate surface area is 101 Å². The topological polar surface area (TPSA) is 0 Å². The standard InChI is InChI=1S/C13H9F3S/c14-13(15,16)10-6-8-12(9-7-10)17-11-4-2-1-3-5-11/h1-9H/p+1. The molecule has 2 rings (SSSR count). The normalized spacial score (nSPS) is 11.5. The Morgan fingerprint density at radius 2 is 1.24 bits per heavy atom. The molecular formula is C13H10F3S+. The van der Waals surface area contributed by atoms with Gasteiger partial charge in [0.25, 0.3) is 0 Å². The van der Waals surface area contributed by atoms with Gasteiger partial charge in [-0.3, -0.25) is 0 Å². The third kappa shape index (κ3) is 3.27. The highest BCUT2D eigenvalue weighted by Crippen LogP contribution is 2.29. The summed E-state index contributed by atoms with van der Waals surface area (Å²) in [6, 6.07) is 14.9. The van der Waals surface area contributed by atoms with Crippen molar-refractivity contribution >= 4 is 11.8 Å². The molecule has 0 atom stereocenters. The van der Waals surface area contributed by atoms with Gasteiger partial charge in [-0.1, -0.05) is 18.2 Å². The monoisotopic (exact) mass is 255 g/mol. The van der Waals surface area contributed by atoms with E-state index in [4.69, 9.17) is 0 Å². The van der Waals surface area contributed by atoms with Crippen molar-refractivity contribution in [2.75, 3.05) is 0 Å². The van der Waals surface area contributed by atoms with Crippen molar-refractivity contribution in [2.45, 2.75) is 16.0 Å². The van der Waals surface area contributed by atoms with Gasteiger partial charge < -0.3 is 0 Å². The molecule has 0 nitrogen and oxygen atoms in total. The van der Waals surface area contributed by atoms with Crippen LogP contribution in [0.15, 0.2) is 64.4 Å². The molecule has 0 bridgehead atoms. The highest BCUT2D eigenvalue weighted by atomic mass is 32.2. The van der Waals surface area contributed by atoms with Gasteiger partial charge in [-0.25, -0.2) is 0 Å². The molecule has 0 aliphatic rings. The third-order valence-electron chi connectivity index (χ3n) is 2.21. The average molecular weight is 255 g/mol. The largest absolute Gasteiger partial charge is 0.416 e. The van der Waals surface area contributed by atoms with Crippen molar-refractivity contribution in [1.82, 2.24) is 0 Å². The average Bonchev–Trinajstić information content (AvgIpc) is 2.30. The SMILES string of the molecule is FC(F)(F)c1ccc([SH+]c2ccccc2)cc1. The summed E-state index contributed by atoms with van der Waals surface area (Å²) in [6.45, 7) is 0. The molecule has 0 N–H and O–H groups in total. The fourth-order valence-electron chi connectivity index (χ4n) is 1.38. The summed E-state index contributed by atoms with van der Waals surface area (Å²) in [5.41, 5.74) is -0.607. The fraction of sp³-hybridized carbons (Fsp3) is 0.0769. The van der Waals surface area contributed by atoms with Gasteiger partial charge in [0, 0.05) is 11.8 Å². The predicted molar refractivity (Wildman–Crippen MR) is 63.2 cm³/mol. The Morgan fingerprint density at radius 3 is 1.76 bits per heavy atom. The van der Waals surface area contributed by atoms with Crippen molar-refractivity contribution in [3.8, 4) is 0 Å². The minimum atomic E-state index is -4.26. The van der Waals surface area contributed by atoms with Crippen LogP contribution < -0.4 is 0 Å². The first-order chi connectivity index (χ1) is 8.05. The highest BCUT2D eigenvalue weighted by molar-refractivity contribution is 7.78. The van der Waals surface area contributed by atoms with Crippen LogP contribution in [0.5, 0.6) is 0 Å². The smallest absolute Gasteiger partial charge is 0.166 e. The van der Waals surface area contributed by atoms with E-state index in [1.807, 2.05) is 30.3 Å². The number of alkyl halides is 3. The maximum absolute atomic E-state index is 12.3. The molecule has 0 saturated carbocycles. The number of halogens is 3. The Bertz CT molecular complexity index is 474. The molecule has 2 aromatic carbocycles. The zero-order valence-electron chi connectivity index (χ0n) is 8.78. The number of thiol groups is 1. The molecule has 0 unspecified atom stereocenters. The minimum absolute atomic E-state index is 0.607. The van der Waals surface area contributed by atoms with Crippen molar-refractivity contribution < 1.29 is 13.2 Å². The molecular weight excluding hydrogens is 245 g/mol. The van der Waals surface area contributed by atoms with Crippen LogP contribution in [0.3, 0.4) is 0 Å². The molecule has 88 valence electrons. The Hall–Kier alpha value is -1.42. The second-order valence-electron chi connectivity index (χ2n) is 3.49. The van der Waals surface area contributed by atoms with Gasteiger partial charge in [-0.15, -0.1) is 0 Å². The van der Waals surface area contributed by atoms with Crippen molar-refractivity contribution in [3.05, 3.63) is 60.2 Å². The molecule has 4 heteroatoms. The lowest BCUT2D eigenvalue weighted by Gasteiger charge is -2.04. The molecule has 0 saturated heterocycles. The van der Waals surface area contributed by atoms with E-state index in [0.29, 0.717) is 0 Å². The summed E-state index contributed by atoms with van der Waals surface area (Å²) in [4.78, 5) is 1.91. The number of rotatable bonds is 2. The van der Waals surface area contributed by atoms with Crippen LogP contribution in [0, 0.1) is 0 Å². The molecule has 0 fully saturated rings. The van der Waals surface area contributed by atoms with E-state index in [1.165, 1.54) is 12.1 Å². The van der Waals surface area contributed by atoms with Gasteiger partial charge in [-0.05, 0) is 36.4 Å². The molecule has 0 aliphatic carbocycles. The second kappa shape index (κ2) is 4.84. The Kier molecular flexibility index (Phi) is 3.43. The lowest BCUT2D eigenvalue weighted by Crippen LogP contribution is -2.04. The van der Waals surface area contributed by atoms with Crippen molar-refractivity contribution in [1.29, 1.82) is 0 Å². The van der Waals surface area contributed by atoms with Gasteiger partial charge in [0.05, 0.1) is 5.56 Å². The molecule has 0 aliphatic heterocycles. The summed E-state index contributed by atoms with van der Waals surface area (Å²) in [7, 11) is 0. The zero-order valence-corrected chi connectivity index (χ0v) is 9.67. The summed E-state index contributed by atoms with van der Waals surface area (Å²) in [5.74, 6) is 0. The van der Waals surface area contributed by atoms with Gasteiger partial charge in [0.1, 0.15) is 0 Å². The van der Waals surface area contributed by atoms with Crippen LogP contribution in [-0.4, -0.2) is 0 Å². The minimum Gasteiger partial charge on any atom is -0.166 e. The van der Waals surface area contributed by atoms with E-state index in [9.17, 15) is 13.2 Å². The summed E-state index contributed by atoms with van der Waals surface area (Å²) >= 11 is 0.914. The van der Waals surface area contributed by atoms with Gasteiger partial charge >= 0.3 is 6.18 Å².